The van der Waals surface area contributed by atoms with Crippen LogP contribution in [0.1, 0.15) is 17.0 Å². The van der Waals surface area contributed by atoms with Gasteiger partial charge in [-0.25, -0.2) is 4.99 Å². The van der Waals surface area contributed by atoms with E-state index in [1.54, 1.807) is 6.07 Å². The number of benzene rings is 2. The van der Waals surface area contributed by atoms with E-state index in [0.717, 1.165) is 31.6 Å². The van der Waals surface area contributed by atoms with Crippen LogP contribution in [0.15, 0.2) is 67.4 Å². The summed E-state index contributed by atoms with van der Waals surface area (Å²) in [5.41, 5.74) is 4.86. The van der Waals surface area contributed by atoms with Crippen LogP contribution in [0.2, 0.25) is 5.02 Å². The summed E-state index contributed by atoms with van der Waals surface area (Å²) in [4.78, 5) is 17.6. The molecule has 1 amide bonds. The zero-order chi connectivity index (χ0) is 21.4. The van der Waals surface area contributed by atoms with E-state index >= 15 is 0 Å². The Balaban J connectivity index is 1.68. The van der Waals surface area contributed by atoms with Crippen LogP contribution in [0.4, 0.5) is 5.69 Å². The fourth-order valence-corrected chi connectivity index (χ4v) is 5.06. The van der Waals surface area contributed by atoms with Crippen LogP contribution in [0.25, 0.3) is 11.8 Å². The maximum atomic E-state index is 12.5. The van der Waals surface area contributed by atoms with E-state index in [1.165, 1.54) is 11.8 Å². The minimum Gasteiger partial charge on any atom is -0.317 e. The third-order valence-electron chi connectivity index (χ3n) is 4.69. The number of carbonyl (C=O) groups excluding carboxylic acids is 1. The lowest BCUT2D eigenvalue weighted by atomic mass is 10.2. The van der Waals surface area contributed by atoms with Crippen LogP contribution >= 0.6 is 55.2 Å². The minimum absolute atomic E-state index is 0.168. The van der Waals surface area contributed by atoms with Crippen molar-refractivity contribution in [3.63, 3.8) is 0 Å². The standard InChI is InChI=1S/C22H16Br2ClN3OS/c1-12-16(20(24)13(2)28(12)15-6-4-3-5-7-15)11-19-21(29)27-22(30-19)26-14-8-9-17(23)18(25)10-14/h3-11H,1-2H3,(H,26,27,29)/b19-11-. The molecule has 8 heteroatoms. The molecule has 1 aromatic heterocycles. The van der Waals surface area contributed by atoms with Crippen molar-refractivity contribution in [2.45, 2.75) is 13.8 Å². The number of aromatic nitrogens is 1. The van der Waals surface area contributed by atoms with Gasteiger partial charge in [0.15, 0.2) is 5.17 Å². The van der Waals surface area contributed by atoms with E-state index < -0.39 is 0 Å². The van der Waals surface area contributed by atoms with E-state index in [0.29, 0.717) is 20.8 Å². The first kappa shape index (κ1) is 21.4. The molecule has 0 aliphatic carbocycles. The molecule has 0 radical (unpaired) electrons. The van der Waals surface area contributed by atoms with Crippen LogP contribution in [0.5, 0.6) is 0 Å². The van der Waals surface area contributed by atoms with Crippen molar-refractivity contribution >= 4 is 78.1 Å². The van der Waals surface area contributed by atoms with Crippen molar-refractivity contribution in [1.82, 2.24) is 9.88 Å². The molecule has 1 saturated heterocycles. The molecule has 0 atom stereocenters. The number of para-hydroxylation sites is 1. The van der Waals surface area contributed by atoms with Crippen molar-refractivity contribution < 1.29 is 4.79 Å². The van der Waals surface area contributed by atoms with Crippen LogP contribution in [-0.4, -0.2) is 15.6 Å². The predicted molar refractivity (Wildman–Crippen MR) is 133 cm³/mol. The van der Waals surface area contributed by atoms with Gasteiger partial charge in [0.05, 0.1) is 15.6 Å². The monoisotopic (exact) mass is 563 g/mol. The maximum Gasteiger partial charge on any atom is 0.264 e. The first-order valence-corrected chi connectivity index (χ1v) is 11.8. The number of rotatable bonds is 3. The Morgan fingerprint density at radius 3 is 2.53 bits per heavy atom. The van der Waals surface area contributed by atoms with E-state index in [2.05, 4.69) is 65.8 Å². The van der Waals surface area contributed by atoms with E-state index in [9.17, 15) is 4.79 Å². The Morgan fingerprint density at radius 1 is 1.10 bits per heavy atom. The Hall–Kier alpha value is -1.80. The highest BCUT2D eigenvalue weighted by molar-refractivity contribution is 9.10. The molecule has 152 valence electrons. The van der Waals surface area contributed by atoms with Crippen molar-refractivity contribution in [3.05, 3.63) is 84.4 Å². The summed E-state index contributed by atoms with van der Waals surface area (Å²) >= 11 is 14.5. The van der Waals surface area contributed by atoms with Gasteiger partial charge in [-0.1, -0.05) is 29.8 Å². The summed E-state index contributed by atoms with van der Waals surface area (Å²) in [5, 5.41) is 3.92. The predicted octanol–water partition coefficient (Wildman–Crippen LogP) is 7.16. The normalized spacial score (nSPS) is 16.5. The van der Waals surface area contributed by atoms with Crippen molar-refractivity contribution in [2.24, 2.45) is 4.99 Å². The number of nitrogens with one attached hydrogen (secondary N) is 1. The molecule has 0 bridgehead atoms. The first-order chi connectivity index (χ1) is 14.3. The Kier molecular flexibility index (Phi) is 6.25. The number of halogens is 3. The van der Waals surface area contributed by atoms with Crippen molar-refractivity contribution in [3.8, 4) is 5.69 Å². The van der Waals surface area contributed by atoms with Crippen LogP contribution in [0, 0.1) is 13.8 Å². The molecule has 30 heavy (non-hydrogen) atoms. The number of hydrogen-bond donors (Lipinski definition) is 1. The van der Waals surface area contributed by atoms with Crippen LogP contribution in [-0.2, 0) is 4.79 Å². The molecular weight excluding hydrogens is 550 g/mol. The minimum atomic E-state index is -0.168. The molecule has 1 N–H and O–H groups in total. The first-order valence-electron chi connectivity index (χ1n) is 9.02. The zero-order valence-electron chi connectivity index (χ0n) is 16.0. The summed E-state index contributed by atoms with van der Waals surface area (Å²) in [6.07, 6.45) is 1.91. The molecular formula is C22H16Br2ClN3OS. The lowest BCUT2D eigenvalue weighted by Crippen LogP contribution is -2.19. The highest BCUT2D eigenvalue weighted by Gasteiger charge is 2.26. The fourth-order valence-electron chi connectivity index (χ4n) is 3.24. The van der Waals surface area contributed by atoms with Gasteiger partial charge in [-0.15, -0.1) is 0 Å². The van der Waals surface area contributed by atoms with Gasteiger partial charge in [-0.2, -0.15) is 0 Å². The third kappa shape index (κ3) is 4.17. The Bertz CT molecular complexity index is 1220. The van der Waals surface area contributed by atoms with E-state index in [-0.39, 0.29) is 5.91 Å². The number of amides is 1. The Labute approximate surface area is 200 Å². The average molecular weight is 566 g/mol. The molecule has 4 nitrogen and oxygen atoms in total. The molecule has 2 heterocycles. The summed E-state index contributed by atoms with van der Waals surface area (Å²) in [5.74, 6) is -0.168. The summed E-state index contributed by atoms with van der Waals surface area (Å²) in [6, 6.07) is 15.6. The van der Waals surface area contributed by atoms with E-state index in [4.69, 9.17) is 11.6 Å². The highest BCUT2D eigenvalue weighted by atomic mass is 79.9. The maximum absolute atomic E-state index is 12.5. The largest absolute Gasteiger partial charge is 0.317 e. The quantitative estimate of drug-likeness (QED) is 0.343. The lowest BCUT2D eigenvalue weighted by Gasteiger charge is -2.09. The van der Waals surface area contributed by atoms with Crippen LogP contribution < -0.4 is 5.32 Å². The molecule has 2 aromatic carbocycles. The molecule has 1 aliphatic heterocycles. The highest BCUT2D eigenvalue weighted by Crippen LogP contribution is 2.36. The SMILES string of the molecule is Cc1c(Br)c(/C=C2\SC(=Nc3ccc(Br)c(Cl)c3)NC2=O)c(C)n1-c1ccccc1. The molecule has 1 fully saturated rings. The van der Waals surface area contributed by atoms with Gasteiger partial charge in [0.25, 0.3) is 5.91 Å². The van der Waals surface area contributed by atoms with E-state index in [1.807, 2.05) is 43.3 Å². The summed E-state index contributed by atoms with van der Waals surface area (Å²) in [6.45, 7) is 4.10. The third-order valence-corrected chi connectivity index (χ3v) is 7.83. The second-order valence-corrected chi connectivity index (χ2v) is 9.73. The zero-order valence-corrected chi connectivity index (χ0v) is 20.8. The lowest BCUT2D eigenvalue weighted by molar-refractivity contribution is -0.115. The molecule has 3 aromatic rings. The smallest absolute Gasteiger partial charge is 0.264 e. The molecule has 0 saturated carbocycles. The van der Waals surface area contributed by atoms with Crippen molar-refractivity contribution in [1.29, 1.82) is 0 Å². The number of carbonyl (C=O) groups is 1. The number of hydrogen-bond acceptors (Lipinski definition) is 3. The number of nitrogens with zero attached hydrogens (tertiary/aromatic N) is 2. The molecule has 0 spiro atoms. The topological polar surface area (TPSA) is 46.4 Å². The summed E-state index contributed by atoms with van der Waals surface area (Å²) in [7, 11) is 0. The molecule has 1 aliphatic rings. The van der Waals surface area contributed by atoms with Crippen molar-refractivity contribution in [2.75, 3.05) is 0 Å². The van der Waals surface area contributed by atoms with Gasteiger partial charge < -0.3 is 9.88 Å². The second-order valence-electron chi connectivity index (χ2n) is 6.65. The van der Waals surface area contributed by atoms with Gasteiger partial charge in [0.1, 0.15) is 0 Å². The van der Waals surface area contributed by atoms with Gasteiger partial charge in [0.2, 0.25) is 0 Å². The number of aliphatic imine (C=N–C) groups is 1. The van der Waals surface area contributed by atoms with Gasteiger partial charge in [-0.3, -0.25) is 4.79 Å². The Morgan fingerprint density at radius 2 is 1.83 bits per heavy atom. The number of amidine groups is 1. The van der Waals surface area contributed by atoms with Gasteiger partial charge in [-0.05, 0) is 93.9 Å². The average Bonchev–Trinajstić information content (AvgIpc) is 3.17. The fraction of sp³-hybridized carbons (Fsp3) is 0.0909. The summed E-state index contributed by atoms with van der Waals surface area (Å²) < 4.78 is 3.94. The van der Waals surface area contributed by atoms with Gasteiger partial charge >= 0.3 is 0 Å². The second kappa shape index (κ2) is 8.75. The van der Waals surface area contributed by atoms with Gasteiger partial charge in [0, 0.05) is 31.6 Å². The number of thioether (sulfide) groups is 1. The molecule has 4 rings (SSSR count). The molecule has 0 unspecified atom stereocenters. The van der Waals surface area contributed by atoms with Crippen LogP contribution in [0.3, 0.4) is 0 Å².